The van der Waals surface area contributed by atoms with Crippen LogP contribution >= 0.6 is 0 Å². The van der Waals surface area contributed by atoms with Crippen molar-refractivity contribution < 1.29 is 0 Å². The van der Waals surface area contributed by atoms with Crippen molar-refractivity contribution in [3.05, 3.63) is 6.33 Å². The summed E-state index contributed by atoms with van der Waals surface area (Å²) in [5.41, 5.74) is 0. The Hall–Kier alpha value is 0.666. The van der Waals surface area contributed by atoms with E-state index in [1.54, 1.807) is 0 Å². The second-order valence-corrected chi connectivity index (χ2v) is 0.563. The van der Waals surface area contributed by atoms with Crippen molar-refractivity contribution in [1.82, 2.24) is 26.8 Å². The van der Waals surface area contributed by atoms with Gasteiger partial charge in [-0.2, -0.15) is 0 Å². The SMILES string of the molecule is N.[KH].c1nnn[nH]1. The van der Waals surface area contributed by atoms with Gasteiger partial charge in [0.1, 0.15) is 6.33 Å². The molecule has 0 aliphatic carbocycles. The average Bonchev–Trinajstić information content (AvgIpc) is 1.76. The molecule has 0 bridgehead atoms. The summed E-state index contributed by atoms with van der Waals surface area (Å²) in [6.45, 7) is 0. The van der Waals surface area contributed by atoms with E-state index >= 15 is 0 Å². The molecule has 0 aromatic carbocycles. The summed E-state index contributed by atoms with van der Waals surface area (Å²) < 4.78 is 0. The summed E-state index contributed by atoms with van der Waals surface area (Å²) in [5, 5.41) is 12.1. The Morgan fingerprint density at radius 1 is 1.43 bits per heavy atom. The van der Waals surface area contributed by atoms with Gasteiger partial charge in [0.05, 0.1) is 0 Å². The quantitative estimate of drug-likeness (QED) is 0.424. The van der Waals surface area contributed by atoms with Crippen molar-refractivity contribution in [3.63, 3.8) is 0 Å². The first-order valence-electron chi connectivity index (χ1n) is 1.17. The average molecular weight is 127 g/mol. The maximum absolute atomic E-state index is 3.31. The summed E-state index contributed by atoms with van der Waals surface area (Å²) in [5.74, 6) is 0. The molecule has 7 heavy (non-hydrogen) atoms. The van der Waals surface area contributed by atoms with Gasteiger partial charge in [0.15, 0.2) is 0 Å². The minimum atomic E-state index is 0. The van der Waals surface area contributed by atoms with E-state index in [9.17, 15) is 0 Å². The van der Waals surface area contributed by atoms with Crippen LogP contribution in [0.15, 0.2) is 6.33 Å². The van der Waals surface area contributed by atoms with Crippen molar-refractivity contribution in [2.45, 2.75) is 0 Å². The molecule has 4 N–H and O–H groups in total. The van der Waals surface area contributed by atoms with Crippen LogP contribution < -0.4 is 6.15 Å². The van der Waals surface area contributed by atoms with E-state index in [-0.39, 0.29) is 57.5 Å². The largest absolute Gasteiger partial charge is 0.246 e. The molecule has 0 aliphatic rings. The molecular formula is CH6KN5. The molecule has 0 saturated heterocycles. The predicted molar refractivity (Wildman–Crippen MR) is 26.3 cm³/mol. The van der Waals surface area contributed by atoms with Gasteiger partial charge in [-0.25, -0.2) is 5.10 Å². The van der Waals surface area contributed by atoms with Crippen LogP contribution in [0.2, 0.25) is 0 Å². The monoisotopic (exact) mass is 127 g/mol. The molecule has 0 saturated carbocycles. The van der Waals surface area contributed by atoms with E-state index in [0.717, 1.165) is 0 Å². The van der Waals surface area contributed by atoms with Crippen LogP contribution in [0.3, 0.4) is 0 Å². The van der Waals surface area contributed by atoms with Crippen LogP contribution in [0.25, 0.3) is 0 Å². The third-order valence-electron chi connectivity index (χ3n) is 0.270. The van der Waals surface area contributed by atoms with Crippen LogP contribution in [0.1, 0.15) is 0 Å². The zero-order chi connectivity index (χ0) is 3.54. The molecular weight excluding hydrogens is 121 g/mol. The van der Waals surface area contributed by atoms with Crippen molar-refractivity contribution in [2.24, 2.45) is 0 Å². The molecule has 1 aromatic rings. The van der Waals surface area contributed by atoms with Gasteiger partial charge in [-0.15, -0.1) is 5.10 Å². The summed E-state index contributed by atoms with van der Waals surface area (Å²) in [4.78, 5) is 0. The first kappa shape index (κ1) is 10.6. The van der Waals surface area contributed by atoms with Crippen molar-refractivity contribution >= 4 is 51.4 Å². The fourth-order valence-electron chi connectivity index (χ4n) is 0.129. The normalized spacial score (nSPS) is 5.71. The summed E-state index contributed by atoms with van der Waals surface area (Å²) >= 11 is 0. The molecule has 0 aliphatic heterocycles. The number of aromatic nitrogens is 4. The molecule has 0 unspecified atom stereocenters. The van der Waals surface area contributed by atoms with E-state index in [1.807, 2.05) is 0 Å². The van der Waals surface area contributed by atoms with Gasteiger partial charge in [0, 0.05) is 0 Å². The molecule has 1 rings (SSSR count). The van der Waals surface area contributed by atoms with E-state index < -0.39 is 0 Å². The van der Waals surface area contributed by atoms with E-state index in [0.29, 0.717) is 0 Å². The fourth-order valence-corrected chi connectivity index (χ4v) is 0.129. The van der Waals surface area contributed by atoms with Gasteiger partial charge in [0.25, 0.3) is 0 Å². The van der Waals surface area contributed by atoms with Gasteiger partial charge < -0.3 is 6.15 Å². The van der Waals surface area contributed by atoms with Crippen LogP contribution in [0.4, 0.5) is 0 Å². The van der Waals surface area contributed by atoms with E-state index in [2.05, 4.69) is 20.6 Å². The third-order valence-corrected chi connectivity index (χ3v) is 0.270. The van der Waals surface area contributed by atoms with Gasteiger partial charge in [-0.3, -0.25) is 0 Å². The number of tetrazole rings is 1. The van der Waals surface area contributed by atoms with Crippen molar-refractivity contribution in [2.75, 3.05) is 0 Å². The zero-order valence-corrected chi connectivity index (χ0v) is 3.13. The minimum absolute atomic E-state index is 0. The predicted octanol–water partition coefficient (Wildman–Crippen LogP) is -1.29. The molecule has 0 amide bonds. The Bertz CT molecular complexity index is 64.6. The van der Waals surface area contributed by atoms with Gasteiger partial charge in [-0.1, -0.05) is 0 Å². The van der Waals surface area contributed by atoms with Gasteiger partial charge in [0.2, 0.25) is 0 Å². The number of hydrogen-bond donors (Lipinski definition) is 2. The van der Waals surface area contributed by atoms with Crippen LogP contribution in [-0.2, 0) is 0 Å². The summed E-state index contributed by atoms with van der Waals surface area (Å²) in [7, 11) is 0. The van der Waals surface area contributed by atoms with Crippen molar-refractivity contribution in [3.8, 4) is 0 Å². The Kier molecular flexibility index (Phi) is 10.1. The smallest absolute Gasteiger partial charge is 0.135 e. The maximum Gasteiger partial charge on any atom is 0.135 e. The number of hydrogen-bond acceptors (Lipinski definition) is 4. The van der Waals surface area contributed by atoms with E-state index in [1.165, 1.54) is 6.33 Å². The minimum Gasteiger partial charge on any atom is -0.246 e. The van der Waals surface area contributed by atoms with Crippen LogP contribution in [0, 0.1) is 0 Å². The van der Waals surface area contributed by atoms with Crippen LogP contribution in [0.5, 0.6) is 0 Å². The Morgan fingerprint density at radius 3 is 2.29 bits per heavy atom. The first-order valence-corrected chi connectivity index (χ1v) is 1.17. The van der Waals surface area contributed by atoms with Gasteiger partial charge in [-0.05, 0) is 10.4 Å². The maximum atomic E-state index is 3.31. The van der Waals surface area contributed by atoms with E-state index in [4.69, 9.17) is 0 Å². The second-order valence-electron chi connectivity index (χ2n) is 0.563. The Balaban J connectivity index is 0. The number of nitrogens with one attached hydrogen (secondary N) is 1. The zero-order valence-electron chi connectivity index (χ0n) is 3.13. The molecule has 0 radical (unpaired) electrons. The molecule has 0 atom stereocenters. The summed E-state index contributed by atoms with van der Waals surface area (Å²) in [6.07, 6.45) is 1.40. The molecule has 1 heterocycles. The molecule has 0 spiro atoms. The number of nitrogens with zero attached hydrogens (tertiary/aromatic N) is 3. The molecule has 5 nitrogen and oxygen atoms in total. The second kappa shape index (κ2) is 6.67. The Morgan fingerprint density at radius 2 is 2.14 bits per heavy atom. The Labute approximate surface area is 83.3 Å². The number of aromatic amines is 1. The first-order chi connectivity index (χ1) is 2.50. The number of rotatable bonds is 0. The summed E-state index contributed by atoms with van der Waals surface area (Å²) in [6, 6.07) is 0. The van der Waals surface area contributed by atoms with Crippen molar-refractivity contribution in [1.29, 1.82) is 0 Å². The molecule has 36 valence electrons. The molecule has 0 fully saturated rings. The standard InChI is InChI=1S/CH2N4.K.H3N.H/c1-2-4-5-3-1;;;/h1H,(H,2,3,4,5);;1H3;. The topological polar surface area (TPSA) is 89.5 Å². The molecule has 6 heteroatoms. The van der Waals surface area contributed by atoms with Crippen LogP contribution in [-0.4, -0.2) is 72.0 Å². The van der Waals surface area contributed by atoms with Gasteiger partial charge >= 0.3 is 51.4 Å². The fraction of sp³-hybridized carbons (Fsp3) is 0. The third kappa shape index (κ3) is 4.52. The number of H-pyrrole nitrogens is 1. The molecule has 1 aromatic heterocycles.